The number of hydrogen-bond acceptors (Lipinski definition) is 4. The molecule has 5 nitrogen and oxygen atoms in total. The molecule has 0 saturated carbocycles. The van der Waals surface area contributed by atoms with E-state index >= 15 is 0 Å². The van der Waals surface area contributed by atoms with Crippen LogP contribution >= 0.6 is 0 Å². The zero-order chi connectivity index (χ0) is 17.8. The predicted molar refractivity (Wildman–Crippen MR) is 91.5 cm³/mol. The number of amides is 1. The Labute approximate surface area is 143 Å². The van der Waals surface area contributed by atoms with E-state index in [1.165, 1.54) is 19.2 Å². The smallest absolute Gasteiger partial charge is 0.339 e. The Hall–Kier alpha value is -3.28. The third kappa shape index (κ3) is 3.63. The number of halogens is 1. The number of pyridine rings is 1. The molecular weight excluding hydrogens is 323 g/mol. The fraction of sp³-hybridized carbons (Fsp3) is 0.105. The van der Waals surface area contributed by atoms with Crippen LogP contribution in [0.5, 0.6) is 0 Å². The van der Waals surface area contributed by atoms with Gasteiger partial charge in [0.15, 0.2) is 6.61 Å². The number of rotatable bonds is 4. The number of likely N-dealkylation sites (N-methyl/N-ethyl adjacent to an activating group) is 1. The van der Waals surface area contributed by atoms with Gasteiger partial charge in [-0.25, -0.2) is 14.2 Å². The summed E-state index contributed by atoms with van der Waals surface area (Å²) < 4.78 is 18.2. The third-order valence-electron chi connectivity index (χ3n) is 3.69. The molecule has 0 atom stereocenters. The molecular formula is C19H15FN2O3. The molecule has 1 N–H and O–H groups in total. The highest BCUT2D eigenvalue weighted by atomic mass is 19.1. The van der Waals surface area contributed by atoms with E-state index in [2.05, 4.69) is 10.3 Å². The van der Waals surface area contributed by atoms with Crippen molar-refractivity contribution < 1.29 is 18.7 Å². The molecule has 2 aromatic carbocycles. The Morgan fingerprint density at radius 3 is 2.56 bits per heavy atom. The first kappa shape index (κ1) is 16.6. The van der Waals surface area contributed by atoms with Crippen LogP contribution in [0.3, 0.4) is 0 Å². The average Bonchev–Trinajstić information content (AvgIpc) is 2.65. The molecule has 1 heterocycles. The Kier molecular flexibility index (Phi) is 4.70. The van der Waals surface area contributed by atoms with E-state index in [1.807, 2.05) is 6.07 Å². The summed E-state index contributed by atoms with van der Waals surface area (Å²) in [6.07, 6.45) is 0. The van der Waals surface area contributed by atoms with Crippen LogP contribution in [-0.4, -0.2) is 30.5 Å². The number of para-hydroxylation sites is 1. The number of nitrogens with zero attached hydrogens (tertiary/aromatic N) is 1. The molecule has 1 aromatic heterocycles. The van der Waals surface area contributed by atoms with E-state index in [9.17, 15) is 14.0 Å². The number of esters is 1. The first-order valence-electron chi connectivity index (χ1n) is 7.62. The molecule has 0 aliphatic carbocycles. The monoisotopic (exact) mass is 338 g/mol. The van der Waals surface area contributed by atoms with Crippen molar-refractivity contribution in [2.75, 3.05) is 13.7 Å². The minimum Gasteiger partial charge on any atom is -0.452 e. The molecule has 0 fully saturated rings. The van der Waals surface area contributed by atoms with E-state index < -0.39 is 11.9 Å². The molecule has 0 radical (unpaired) electrons. The number of aromatic nitrogens is 1. The summed E-state index contributed by atoms with van der Waals surface area (Å²) in [5, 5.41) is 3.01. The predicted octanol–water partition coefficient (Wildman–Crippen LogP) is 2.94. The SMILES string of the molecule is CNC(=O)COC(=O)c1cc(-c2ccc(F)cc2)nc2ccccc12. The van der Waals surface area contributed by atoms with Crippen LogP contribution in [0.15, 0.2) is 54.6 Å². The largest absolute Gasteiger partial charge is 0.452 e. The molecule has 6 heteroatoms. The van der Waals surface area contributed by atoms with Gasteiger partial charge >= 0.3 is 5.97 Å². The van der Waals surface area contributed by atoms with E-state index in [4.69, 9.17) is 4.74 Å². The number of carbonyl (C=O) groups excluding carboxylic acids is 2. The van der Waals surface area contributed by atoms with Gasteiger partial charge in [0.05, 0.1) is 16.8 Å². The van der Waals surface area contributed by atoms with Gasteiger partial charge in [-0.3, -0.25) is 4.79 Å². The van der Waals surface area contributed by atoms with E-state index in [0.29, 0.717) is 27.7 Å². The second kappa shape index (κ2) is 7.09. The van der Waals surface area contributed by atoms with Crippen molar-refractivity contribution in [3.05, 3.63) is 66.0 Å². The summed E-state index contributed by atoms with van der Waals surface area (Å²) in [6, 6.07) is 14.6. The first-order valence-corrected chi connectivity index (χ1v) is 7.62. The topological polar surface area (TPSA) is 68.3 Å². The second-order valence-electron chi connectivity index (χ2n) is 5.33. The number of carbonyl (C=O) groups is 2. The Morgan fingerprint density at radius 2 is 1.84 bits per heavy atom. The number of fused-ring (bicyclic) bond motifs is 1. The minimum atomic E-state index is -0.620. The molecule has 0 spiro atoms. The van der Waals surface area contributed by atoms with Gasteiger partial charge in [0.25, 0.3) is 5.91 Å². The molecule has 0 aliphatic heterocycles. The summed E-state index contributed by atoms with van der Waals surface area (Å²) in [5.74, 6) is -1.37. The molecule has 1 amide bonds. The second-order valence-corrected chi connectivity index (χ2v) is 5.33. The van der Waals surface area contributed by atoms with Gasteiger partial charge in [-0.15, -0.1) is 0 Å². The molecule has 0 bridgehead atoms. The Bertz CT molecular complexity index is 939. The Balaban J connectivity index is 2.05. The van der Waals surface area contributed by atoms with Crippen molar-refractivity contribution in [3.63, 3.8) is 0 Å². The van der Waals surface area contributed by atoms with Crippen molar-refractivity contribution in [2.45, 2.75) is 0 Å². The fourth-order valence-corrected chi connectivity index (χ4v) is 2.39. The minimum absolute atomic E-state index is 0.300. The van der Waals surface area contributed by atoms with Crippen LogP contribution in [0, 0.1) is 5.82 Å². The molecule has 25 heavy (non-hydrogen) atoms. The Morgan fingerprint density at radius 1 is 1.12 bits per heavy atom. The molecule has 0 saturated heterocycles. The van der Waals surface area contributed by atoms with Gasteiger partial charge in [-0.05, 0) is 36.4 Å². The van der Waals surface area contributed by atoms with Crippen LogP contribution in [0.25, 0.3) is 22.2 Å². The number of hydrogen-bond donors (Lipinski definition) is 1. The zero-order valence-electron chi connectivity index (χ0n) is 13.5. The maximum absolute atomic E-state index is 13.1. The van der Waals surface area contributed by atoms with Crippen molar-refractivity contribution in [2.24, 2.45) is 0 Å². The summed E-state index contributed by atoms with van der Waals surface area (Å²) in [7, 11) is 1.46. The van der Waals surface area contributed by atoms with E-state index in [1.54, 1.807) is 36.4 Å². The maximum atomic E-state index is 13.1. The normalized spacial score (nSPS) is 10.5. The highest BCUT2D eigenvalue weighted by Crippen LogP contribution is 2.25. The van der Waals surface area contributed by atoms with Gasteiger partial charge in [-0.2, -0.15) is 0 Å². The molecule has 3 aromatic rings. The fourth-order valence-electron chi connectivity index (χ4n) is 2.39. The first-order chi connectivity index (χ1) is 12.1. The summed E-state index contributed by atoms with van der Waals surface area (Å²) in [5.41, 5.74) is 2.10. The van der Waals surface area contributed by atoms with Gasteiger partial charge in [0.2, 0.25) is 0 Å². The average molecular weight is 338 g/mol. The summed E-state index contributed by atoms with van der Waals surface area (Å²) in [4.78, 5) is 28.2. The van der Waals surface area contributed by atoms with Crippen molar-refractivity contribution >= 4 is 22.8 Å². The molecule has 3 rings (SSSR count). The van der Waals surface area contributed by atoms with Crippen LogP contribution < -0.4 is 5.32 Å². The van der Waals surface area contributed by atoms with Crippen LogP contribution in [-0.2, 0) is 9.53 Å². The van der Waals surface area contributed by atoms with Crippen LogP contribution in [0.4, 0.5) is 4.39 Å². The lowest BCUT2D eigenvalue weighted by molar-refractivity contribution is -0.123. The summed E-state index contributed by atoms with van der Waals surface area (Å²) in [6.45, 7) is -0.363. The highest BCUT2D eigenvalue weighted by Gasteiger charge is 2.16. The van der Waals surface area contributed by atoms with Crippen molar-refractivity contribution in [1.29, 1.82) is 0 Å². The molecule has 126 valence electrons. The van der Waals surface area contributed by atoms with Gasteiger partial charge in [0, 0.05) is 18.0 Å². The van der Waals surface area contributed by atoms with E-state index in [-0.39, 0.29) is 12.4 Å². The summed E-state index contributed by atoms with van der Waals surface area (Å²) >= 11 is 0. The highest BCUT2D eigenvalue weighted by molar-refractivity contribution is 6.05. The van der Waals surface area contributed by atoms with Gasteiger partial charge < -0.3 is 10.1 Å². The quantitative estimate of drug-likeness (QED) is 0.743. The van der Waals surface area contributed by atoms with Crippen LogP contribution in [0.2, 0.25) is 0 Å². The lowest BCUT2D eigenvalue weighted by Gasteiger charge is -2.10. The third-order valence-corrected chi connectivity index (χ3v) is 3.69. The molecule has 0 unspecified atom stereocenters. The standard InChI is InChI=1S/C19H15FN2O3/c1-21-18(23)11-25-19(24)15-10-17(12-6-8-13(20)9-7-12)22-16-5-3-2-4-14(15)16/h2-10H,11H2,1H3,(H,21,23). The van der Waals surface area contributed by atoms with Crippen LogP contribution in [0.1, 0.15) is 10.4 Å². The zero-order valence-corrected chi connectivity index (χ0v) is 13.5. The lowest BCUT2D eigenvalue weighted by atomic mass is 10.0. The van der Waals surface area contributed by atoms with Gasteiger partial charge in [0.1, 0.15) is 5.82 Å². The van der Waals surface area contributed by atoms with Crippen molar-refractivity contribution in [3.8, 4) is 11.3 Å². The lowest BCUT2D eigenvalue weighted by Crippen LogP contribution is -2.25. The van der Waals surface area contributed by atoms with Crippen molar-refractivity contribution in [1.82, 2.24) is 10.3 Å². The number of nitrogens with one attached hydrogen (secondary N) is 1. The van der Waals surface area contributed by atoms with Gasteiger partial charge in [-0.1, -0.05) is 18.2 Å². The molecule has 0 aliphatic rings. The number of ether oxygens (including phenoxy) is 1. The number of benzene rings is 2. The van der Waals surface area contributed by atoms with E-state index in [0.717, 1.165) is 0 Å². The maximum Gasteiger partial charge on any atom is 0.339 e.